The predicted octanol–water partition coefficient (Wildman–Crippen LogP) is 0.401. The van der Waals surface area contributed by atoms with Crippen molar-refractivity contribution >= 4 is 15.7 Å². The van der Waals surface area contributed by atoms with Crippen molar-refractivity contribution in [3.05, 3.63) is 33.9 Å². The Hall–Kier alpha value is -1.51. The third kappa shape index (κ3) is 3.49. The molecule has 0 unspecified atom stereocenters. The second-order valence-electron chi connectivity index (χ2n) is 3.71. The van der Waals surface area contributed by atoms with Gasteiger partial charge in [-0.2, -0.15) is 0 Å². The first kappa shape index (κ1) is 14.6. The van der Waals surface area contributed by atoms with Crippen molar-refractivity contribution in [2.75, 3.05) is 20.1 Å². The molecular weight excluding hydrogens is 258 g/mol. The number of hydrogen-bond acceptors (Lipinski definition) is 5. The van der Waals surface area contributed by atoms with Crippen molar-refractivity contribution in [2.45, 2.75) is 11.8 Å². The Morgan fingerprint density at radius 3 is 2.56 bits per heavy atom. The summed E-state index contributed by atoms with van der Waals surface area (Å²) in [5.41, 5.74) is 0.223. The van der Waals surface area contributed by atoms with Gasteiger partial charge in [-0.3, -0.25) is 10.1 Å². The molecule has 0 aliphatic rings. The molecule has 0 aliphatic heterocycles. The van der Waals surface area contributed by atoms with Gasteiger partial charge in [0, 0.05) is 24.7 Å². The molecule has 7 nitrogen and oxygen atoms in total. The van der Waals surface area contributed by atoms with Crippen LogP contribution in [0.4, 0.5) is 5.69 Å². The minimum absolute atomic E-state index is 0.101. The van der Waals surface area contributed by atoms with E-state index in [9.17, 15) is 18.5 Å². The lowest BCUT2D eigenvalue weighted by molar-refractivity contribution is -0.385. The first-order valence-corrected chi connectivity index (χ1v) is 6.76. The van der Waals surface area contributed by atoms with Crippen LogP contribution in [0.5, 0.6) is 0 Å². The van der Waals surface area contributed by atoms with Gasteiger partial charge < -0.3 is 5.32 Å². The molecule has 0 aromatic heterocycles. The number of nitro benzene ring substituents is 1. The summed E-state index contributed by atoms with van der Waals surface area (Å²) < 4.78 is 26.0. The van der Waals surface area contributed by atoms with Crippen LogP contribution in [-0.4, -0.2) is 33.5 Å². The summed E-state index contributed by atoms with van der Waals surface area (Å²) in [5, 5.41) is 13.5. The minimum atomic E-state index is -3.70. The zero-order valence-electron chi connectivity index (χ0n) is 10.1. The van der Waals surface area contributed by atoms with Crippen molar-refractivity contribution in [2.24, 2.45) is 0 Å². The lowest BCUT2D eigenvalue weighted by Crippen LogP contribution is -2.30. The van der Waals surface area contributed by atoms with Gasteiger partial charge in [0.1, 0.15) is 0 Å². The summed E-state index contributed by atoms with van der Waals surface area (Å²) in [6.45, 7) is 2.26. The van der Waals surface area contributed by atoms with E-state index in [0.29, 0.717) is 12.1 Å². The van der Waals surface area contributed by atoms with E-state index in [1.54, 1.807) is 14.0 Å². The van der Waals surface area contributed by atoms with E-state index in [-0.39, 0.29) is 17.1 Å². The van der Waals surface area contributed by atoms with E-state index in [4.69, 9.17) is 0 Å². The third-order valence-corrected chi connectivity index (χ3v) is 3.81. The number of sulfonamides is 1. The maximum atomic E-state index is 11.8. The third-order valence-electron chi connectivity index (χ3n) is 2.35. The van der Waals surface area contributed by atoms with Crippen molar-refractivity contribution in [1.29, 1.82) is 0 Å². The summed E-state index contributed by atoms with van der Waals surface area (Å²) in [5.74, 6) is 0. The van der Waals surface area contributed by atoms with Crippen LogP contribution in [0, 0.1) is 17.0 Å². The number of nitrogens with one attached hydrogen (secondary N) is 2. The van der Waals surface area contributed by atoms with E-state index in [1.807, 2.05) is 0 Å². The van der Waals surface area contributed by atoms with Gasteiger partial charge in [-0.1, -0.05) is 6.07 Å². The number of rotatable bonds is 6. The fourth-order valence-electron chi connectivity index (χ4n) is 1.35. The molecule has 1 aromatic rings. The molecule has 0 radical (unpaired) electrons. The van der Waals surface area contributed by atoms with Gasteiger partial charge in [-0.15, -0.1) is 0 Å². The first-order chi connectivity index (χ1) is 8.38. The summed E-state index contributed by atoms with van der Waals surface area (Å²) in [4.78, 5) is 10.0. The predicted molar refractivity (Wildman–Crippen MR) is 66.9 cm³/mol. The van der Waals surface area contributed by atoms with Crippen LogP contribution in [0.15, 0.2) is 23.1 Å². The van der Waals surface area contributed by atoms with Crippen LogP contribution in [0.25, 0.3) is 0 Å². The zero-order chi connectivity index (χ0) is 13.8. The Balaban J connectivity index is 3.02. The zero-order valence-corrected chi connectivity index (χ0v) is 11.0. The maximum Gasteiger partial charge on any atom is 0.273 e. The highest BCUT2D eigenvalue weighted by Crippen LogP contribution is 2.21. The highest BCUT2D eigenvalue weighted by Gasteiger charge is 2.19. The molecule has 100 valence electrons. The van der Waals surface area contributed by atoms with Crippen LogP contribution in [0.1, 0.15) is 5.56 Å². The normalized spacial score (nSPS) is 11.4. The SMILES string of the molecule is CNCCNS(=O)(=O)c1ccc(C)c([N+](=O)[O-])c1. The van der Waals surface area contributed by atoms with E-state index in [1.165, 1.54) is 12.1 Å². The number of aryl methyl sites for hydroxylation is 1. The average Bonchev–Trinajstić information content (AvgIpc) is 2.29. The van der Waals surface area contributed by atoms with Gasteiger partial charge >= 0.3 is 0 Å². The number of likely N-dealkylation sites (N-methyl/N-ethyl adjacent to an activating group) is 1. The minimum Gasteiger partial charge on any atom is -0.318 e. The van der Waals surface area contributed by atoms with Crippen molar-refractivity contribution < 1.29 is 13.3 Å². The molecule has 0 aliphatic carbocycles. The molecule has 1 aromatic carbocycles. The molecule has 0 fully saturated rings. The standard InChI is InChI=1S/C10H15N3O4S/c1-8-3-4-9(7-10(8)13(14)15)18(16,17)12-6-5-11-2/h3-4,7,11-12H,5-6H2,1-2H3. The molecule has 1 rings (SSSR count). The number of nitrogens with zero attached hydrogens (tertiary/aromatic N) is 1. The van der Waals surface area contributed by atoms with Crippen molar-refractivity contribution in [3.8, 4) is 0 Å². The van der Waals surface area contributed by atoms with E-state index in [0.717, 1.165) is 6.07 Å². The first-order valence-electron chi connectivity index (χ1n) is 5.28. The molecule has 18 heavy (non-hydrogen) atoms. The molecule has 0 saturated carbocycles. The van der Waals surface area contributed by atoms with E-state index < -0.39 is 14.9 Å². The molecule has 0 heterocycles. The van der Waals surface area contributed by atoms with E-state index >= 15 is 0 Å². The van der Waals surface area contributed by atoms with Gasteiger partial charge in [0.05, 0.1) is 9.82 Å². The molecule has 2 N–H and O–H groups in total. The lowest BCUT2D eigenvalue weighted by Gasteiger charge is -2.07. The van der Waals surface area contributed by atoms with Crippen LogP contribution < -0.4 is 10.0 Å². The smallest absolute Gasteiger partial charge is 0.273 e. The van der Waals surface area contributed by atoms with Gasteiger partial charge in [-0.05, 0) is 20.0 Å². The average molecular weight is 273 g/mol. The van der Waals surface area contributed by atoms with Gasteiger partial charge in [0.2, 0.25) is 10.0 Å². The summed E-state index contributed by atoms with van der Waals surface area (Å²) in [7, 11) is -2.00. The fraction of sp³-hybridized carbons (Fsp3) is 0.400. The summed E-state index contributed by atoms with van der Waals surface area (Å²) >= 11 is 0. The fourth-order valence-corrected chi connectivity index (χ4v) is 2.40. The number of benzene rings is 1. The molecule has 0 amide bonds. The van der Waals surface area contributed by atoms with Gasteiger partial charge in [0.15, 0.2) is 0 Å². The summed E-state index contributed by atoms with van der Waals surface area (Å²) in [6.07, 6.45) is 0. The Kier molecular flexibility index (Phi) is 4.76. The summed E-state index contributed by atoms with van der Waals surface area (Å²) in [6, 6.07) is 3.84. The number of hydrogen-bond donors (Lipinski definition) is 2. The second-order valence-corrected chi connectivity index (χ2v) is 5.47. The van der Waals surface area contributed by atoms with Crippen LogP contribution in [0.2, 0.25) is 0 Å². The molecule has 0 spiro atoms. The van der Waals surface area contributed by atoms with Crippen molar-refractivity contribution in [3.63, 3.8) is 0 Å². The van der Waals surface area contributed by atoms with Crippen molar-refractivity contribution in [1.82, 2.24) is 10.0 Å². The monoisotopic (exact) mass is 273 g/mol. The van der Waals surface area contributed by atoms with Gasteiger partial charge in [-0.25, -0.2) is 13.1 Å². The molecule has 0 saturated heterocycles. The highest BCUT2D eigenvalue weighted by atomic mass is 32.2. The Morgan fingerprint density at radius 2 is 2.00 bits per heavy atom. The van der Waals surface area contributed by atoms with Gasteiger partial charge in [0.25, 0.3) is 5.69 Å². The lowest BCUT2D eigenvalue weighted by atomic mass is 10.2. The molecule has 0 bridgehead atoms. The highest BCUT2D eigenvalue weighted by molar-refractivity contribution is 7.89. The Morgan fingerprint density at radius 1 is 1.33 bits per heavy atom. The van der Waals surface area contributed by atoms with E-state index in [2.05, 4.69) is 10.0 Å². The topological polar surface area (TPSA) is 101 Å². The maximum absolute atomic E-state index is 11.8. The van der Waals surface area contributed by atoms with Crippen LogP contribution in [-0.2, 0) is 10.0 Å². The molecule has 8 heteroatoms. The van der Waals surface area contributed by atoms with Crippen LogP contribution >= 0.6 is 0 Å². The second kappa shape index (κ2) is 5.89. The molecular formula is C10H15N3O4S. The largest absolute Gasteiger partial charge is 0.318 e. The Labute approximate surface area is 105 Å². The number of nitro groups is 1. The quantitative estimate of drug-likeness (QED) is 0.444. The van der Waals surface area contributed by atoms with Crippen LogP contribution in [0.3, 0.4) is 0 Å². The molecule has 0 atom stereocenters. The Bertz CT molecular complexity index is 542.